The first-order valence-corrected chi connectivity index (χ1v) is 5.71. The van der Waals surface area contributed by atoms with E-state index in [1.807, 2.05) is 37.3 Å². The second kappa shape index (κ2) is 7.17. The van der Waals surface area contributed by atoms with Crippen molar-refractivity contribution in [3.63, 3.8) is 0 Å². The van der Waals surface area contributed by atoms with Gasteiger partial charge in [-0.3, -0.25) is 4.79 Å². The second-order valence-corrected chi connectivity index (χ2v) is 4.32. The van der Waals surface area contributed by atoms with Crippen LogP contribution in [0.1, 0.15) is 13.3 Å². The zero-order chi connectivity index (χ0) is 11.8. The van der Waals surface area contributed by atoms with E-state index in [-0.39, 0.29) is 17.8 Å². The minimum Gasteiger partial charge on any atom is -0.490 e. The second-order valence-electron chi connectivity index (χ2n) is 3.44. The molecule has 1 aromatic rings. The van der Waals surface area contributed by atoms with Gasteiger partial charge in [-0.15, -0.1) is 0 Å². The molecule has 0 aromatic heterocycles. The fourth-order valence-corrected chi connectivity index (χ4v) is 1.28. The number of esters is 1. The molecular weight excluding hydrogens is 224 g/mol. The van der Waals surface area contributed by atoms with Crippen molar-refractivity contribution in [3.05, 3.63) is 30.3 Å². The third-order valence-electron chi connectivity index (χ3n) is 1.82. The van der Waals surface area contributed by atoms with Crippen molar-refractivity contribution in [1.29, 1.82) is 0 Å². The number of rotatable bonds is 6. The first kappa shape index (κ1) is 12.9. The van der Waals surface area contributed by atoms with E-state index in [1.165, 1.54) is 0 Å². The van der Waals surface area contributed by atoms with Gasteiger partial charge >= 0.3 is 5.97 Å². The van der Waals surface area contributed by atoms with Gasteiger partial charge in [-0.25, -0.2) is 0 Å². The van der Waals surface area contributed by atoms with Crippen LogP contribution in [0.3, 0.4) is 0 Å². The van der Waals surface area contributed by atoms with Crippen LogP contribution in [-0.2, 0) is 9.53 Å². The summed E-state index contributed by atoms with van der Waals surface area (Å²) in [6, 6.07) is 9.42. The molecule has 16 heavy (non-hydrogen) atoms. The van der Waals surface area contributed by atoms with Crippen molar-refractivity contribution in [2.45, 2.75) is 18.6 Å². The molecule has 0 saturated carbocycles. The van der Waals surface area contributed by atoms with Crippen molar-refractivity contribution >= 4 is 18.6 Å². The molecule has 0 heterocycles. The SMILES string of the molecule is CC(S)CC(=O)OCCOc1ccccc1. The molecule has 3 nitrogen and oxygen atoms in total. The summed E-state index contributed by atoms with van der Waals surface area (Å²) in [7, 11) is 0. The van der Waals surface area contributed by atoms with Crippen LogP contribution in [0.2, 0.25) is 0 Å². The number of benzene rings is 1. The van der Waals surface area contributed by atoms with Gasteiger partial charge < -0.3 is 9.47 Å². The predicted molar refractivity (Wildman–Crippen MR) is 66.0 cm³/mol. The zero-order valence-electron chi connectivity index (χ0n) is 9.26. The molecule has 0 aliphatic rings. The molecule has 0 aliphatic carbocycles. The van der Waals surface area contributed by atoms with Crippen LogP contribution in [0, 0.1) is 0 Å². The highest BCUT2D eigenvalue weighted by atomic mass is 32.1. The lowest BCUT2D eigenvalue weighted by atomic mass is 10.3. The third kappa shape index (κ3) is 5.66. The van der Waals surface area contributed by atoms with Crippen molar-refractivity contribution in [2.24, 2.45) is 0 Å². The molecule has 0 fully saturated rings. The van der Waals surface area contributed by atoms with Crippen LogP contribution in [0.25, 0.3) is 0 Å². The zero-order valence-corrected chi connectivity index (χ0v) is 10.2. The summed E-state index contributed by atoms with van der Waals surface area (Å²) < 4.78 is 10.3. The first-order chi connectivity index (χ1) is 7.68. The Hall–Kier alpha value is -1.16. The summed E-state index contributed by atoms with van der Waals surface area (Å²) in [6.07, 6.45) is 0.328. The van der Waals surface area contributed by atoms with Gasteiger partial charge in [0.1, 0.15) is 19.0 Å². The van der Waals surface area contributed by atoms with E-state index in [2.05, 4.69) is 12.6 Å². The van der Waals surface area contributed by atoms with E-state index in [0.717, 1.165) is 5.75 Å². The van der Waals surface area contributed by atoms with Gasteiger partial charge in [0, 0.05) is 5.25 Å². The van der Waals surface area contributed by atoms with Crippen LogP contribution in [0.4, 0.5) is 0 Å². The first-order valence-electron chi connectivity index (χ1n) is 5.20. The predicted octanol–water partition coefficient (Wildman–Crippen LogP) is 2.32. The number of carbonyl (C=O) groups is 1. The smallest absolute Gasteiger partial charge is 0.307 e. The Morgan fingerprint density at radius 2 is 2.00 bits per heavy atom. The third-order valence-corrected chi connectivity index (χ3v) is 2.00. The summed E-state index contributed by atoms with van der Waals surface area (Å²) in [6.45, 7) is 2.50. The molecule has 1 unspecified atom stereocenters. The van der Waals surface area contributed by atoms with E-state index in [0.29, 0.717) is 13.0 Å². The molecule has 0 amide bonds. The average Bonchev–Trinajstić information content (AvgIpc) is 2.25. The fourth-order valence-electron chi connectivity index (χ4n) is 1.13. The maximum Gasteiger partial charge on any atom is 0.307 e. The summed E-state index contributed by atoms with van der Waals surface area (Å²) >= 11 is 4.11. The minimum atomic E-state index is -0.237. The normalized spacial score (nSPS) is 11.9. The Balaban J connectivity index is 2.10. The lowest BCUT2D eigenvalue weighted by Gasteiger charge is -2.07. The number of carbonyl (C=O) groups excluding carboxylic acids is 1. The van der Waals surface area contributed by atoms with Crippen molar-refractivity contribution in [2.75, 3.05) is 13.2 Å². The number of hydrogen-bond donors (Lipinski definition) is 1. The van der Waals surface area contributed by atoms with Gasteiger partial charge in [0.15, 0.2) is 0 Å². The molecular formula is C12H16O3S. The van der Waals surface area contributed by atoms with Gasteiger partial charge in [0.25, 0.3) is 0 Å². The minimum absolute atomic E-state index is 0.0301. The molecule has 4 heteroatoms. The highest BCUT2D eigenvalue weighted by Crippen LogP contribution is 2.07. The Kier molecular flexibility index (Phi) is 5.78. The van der Waals surface area contributed by atoms with Crippen molar-refractivity contribution in [3.8, 4) is 5.75 Å². The molecule has 0 aliphatic heterocycles. The number of hydrogen-bond acceptors (Lipinski definition) is 4. The molecule has 1 rings (SSSR count). The van der Waals surface area contributed by atoms with E-state index in [1.54, 1.807) is 0 Å². The largest absolute Gasteiger partial charge is 0.490 e. The van der Waals surface area contributed by atoms with Gasteiger partial charge in [0.2, 0.25) is 0 Å². The summed E-state index contributed by atoms with van der Waals surface area (Å²) in [5, 5.41) is 0.0301. The van der Waals surface area contributed by atoms with Crippen LogP contribution in [0.15, 0.2) is 30.3 Å². The number of ether oxygens (including phenoxy) is 2. The Morgan fingerprint density at radius 3 is 2.62 bits per heavy atom. The molecule has 88 valence electrons. The van der Waals surface area contributed by atoms with Crippen molar-refractivity contribution in [1.82, 2.24) is 0 Å². The Labute approximate surface area is 101 Å². The summed E-state index contributed by atoms with van der Waals surface area (Å²) in [5.74, 6) is 0.542. The molecule has 0 N–H and O–H groups in total. The molecule has 0 spiro atoms. The lowest BCUT2D eigenvalue weighted by Crippen LogP contribution is -2.14. The van der Waals surface area contributed by atoms with Crippen molar-refractivity contribution < 1.29 is 14.3 Å². The Morgan fingerprint density at radius 1 is 1.31 bits per heavy atom. The maximum atomic E-state index is 11.1. The van der Waals surface area contributed by atoms with E-state index in [9.17, 15) is 4.79 Å². The molecule has 0 saturated heterocycles. The topological polar surface area (TPSA) is 35.5 Å². The number of thiol groups is 1. The average molecular weight is 240 g/mol. The highest BCUT2D eigenvalue weighted by Gasteiger charge is 2.05. The van der Waals surface area contributed by atoms with Crippen LogP contribution < -0.4 is 4.74 Å². The van der Waals surface area contributed by atoms with Gasteiger partial charge in [0.05, 0.1) is 6.42 Å². The van der Waals surface area contributed by atoms with Crippen LogP contribution in [-0.4, -0.2) is 24.4 Å². The standard InChI is InChI=1S/C12H16O3S/c1-10(16)9-12(13)15-8-7-14-11-5-3-2-4-6-11/h2-6,10,16H,7-9H2,1H3. The fraction of sp³-hybridized carbons (Fsp3) is 0.417. The maximum absolute atomic E-state index is 11.1. The Bertz CT molecular complexity index is 311. The molecule has 1 aromatic carbocycles. The molecule has 1 atom stereocenters. The summed E-state index contributed by atoms with van der Waals surface area (Å²) in [5.41, 5.74) is 0. The van der Waals surface area contributed by atoms with E-state index in [4.69, 9.17) is 9.47 Å². The van der Waals surface area contributed by atoms with E-state index >= 15 is 0 Å². The molecule has 0 bridgehead atoms. The lowest BCUT2D eigenvalue weighted by molar-refractivity contribution is -0.144. The van der Waals surface area contributed by atoms with Gasteiger partial charge in [-0.2, -0.15) is 12.6 Å². The quantitative estimate of drug-likeness (QED) is 0.471. The van der Waals surface area contributed by atoms with E-state index < -0.39 is 0 Å². The monoisotopic (exact) mass is 240 g/mol. The molecule has 0 radical (unpaired) electrons. The highest BCUT2D eigenvalue weighted by molar-refractivity contribution is 7.80. The number of para-hydroxylation sites is 1. The van der Waals surface area contributed by atoms with Gasteiger partial charge in [-0.1, -0.05) is 25.1 Å². The van der Waals surface area contributed by atoms with Crippen LogP contribution >= 0.6 is 12.6 Å². The van der Waals surface area contributed by atoms with Gasteiger partial charge in [-0.05, 0) is 12.1 Å². The van der Waals surface area contributed by atoms with Crippen LogP contribution in [0.5, 0.6) is 5.75 Å². The summed E-state index contributed by atoms with van der Waals surface area (Å²) in [4.78, 5) is 11.1.